The SMILES string of the molecule is Cn1c(=O)oc2c[c]ccc21. The fourth-order valence-electron chi connectivity index (χ4n) is 1.03. The molecule has 0 unspecified atom stereocenters. The molecule has 0 N–H and O–H groups in total. The highest BCUT2D eigenvalue weighted by Gasteiger charge is 2.02. The van der Waals surface area contributed by atoms with Crippen molar-refractivity contribution in [2.45, 2.75) is 0 Å². The van der Waals surface area contributed by atoms with Gasteiger partial charge in [-0.3, -0.25) is 4.57 Å². The van der Waals surface area contributed by atoms with Crippen molar-refractivity contribution in [3.63, 3.8) is 0 Å². The summed E-state index contributed by atoms with van der Waals surface area (Å²) in [6.07, 6.45) is 0. The topological polar surface area (TPSA) is 35.1 Å². The summed E-state index contributed by atoms with van der Waals surface area (Å²) in [5, 5.41) is 0. The highest BCUT2D eigenvalue weighted by Crippen LogP contribution is 2.08. The van der Waals surface area contributed by atoms with E-state index >= 15 is 0 Å². The maximum Gasteiger partial charge on any atom is 0.419 e. The first-order chi connectivity index (χ1) is 5.29. The fraction of sp³-hybridized carbons (Fsp3) is 0.125. The number of aromatic nitrogens is 1. The Kier molecular flexibility index (Phi) is 1.12. The third-order valence-electron chi connectivity index (χ3n) is 1.64. The summed E-state index contributed by atoms with van der Waals surface area (Å²) >= 11 is 0. The van der Waals surface area contributed by atoms with E-state index in [0.717, 1.165) is 5.52 Å². The van der Waals surface area contributed by atoms with Gasteiger partial charge < -0.3 is 4.42 Å². The van der Waals surface area contributed by atoms with Crippen LogP contribution in [0.4, 0.5) is 0 Å². The molecule has 1 radical (unpaired) electrons. The number of hydrogen-bond acceptors (Lipinski definition) is 2. The van der Waals surface area contributed by atoms with Crippen LogP contribution in [0, 0.1) is 6.07 Å². The number of fused-ring (bicyclic) bond motifs is 1. The largest absolute Gasteiger partial charge is 0.419 e. The van der Waals surface area contributed by atoms with Crippen LogP contribution in [0.25, 0.3) is 11.1 Å². The second-order valence-corrected chi connectivity index (χ2v) is 2.32. The summed E-state index contributed by atoms with van der Waals surface area (Å²) < 4.78 is 6.34. The molecule has 3 nitrogen and oxygen atoms in total. The van der Waals surface area contributed by atoms with Crippen LogP contribution in [0.5, 0.6) is 0 Å². The average Bonchev–Trinajstić information content (AvgIpc) is 2.30. The highest BCUT2D eigenvalue weighted by molar-refractivity contribution is 5.72. The van der Waals surface area contributed by atoms with E-state index in [4.69, 9.17) is 4.42 Å². The average molecular weight is 148 g/mol. The van der Waals surface area contributed by atoms with Crippen LogP contribution in [0.1, 0.15) is 0 Å². The molecule has 0 fully saturated rings. The minimum absolute atomic E-state index is 0.334. The lowest BCUT2D eigenvalue weighted by molar-refractivity contribution is 0.528. The maximum atomic E-state index is 10.9. The zero-order chi connectivity index (χ0) is 7.84. The summed E-state index contributed by atoms with van der Waals surface area (Å²) in [6.45, 7) is 0. The molecular formula is C8H6NO2. The molecule has 0 atom stereocenters. The number of benzene rings is 1. The van der Waals surface area contributed by atoms with Crippen molar-refractivity contribution in [1.82, 2.24) is 4.57 Å². The quantitative estimate of drug-likeness (QED) is 0.557. The van der Waals surface area contributed by atoms with Crippen molar-refractivity contribution in [3.8, 4) is 0 Å². The molecule has 55 valence electrons. The Hall–Kier alpha value is -1.51. The smallest absolute Gasteiger partial charge is 0.408 e. The normalized spacial score (nSPS) is 10.6. The second-order valence-electron chi connectivity index (χ2n) is 2.32. The predicted molar refractivity (Wildman–Crippen MR) is 40.3 cm³/mol. The number of nitrogens with zero attached hydrogens (tertiary/aromatic N) is 1. The minimum Gasteiger partial charge on any atom is -0.408 e. The molecule has 1 heterocycles. The number of rotatable bonds is 0. The van der Waals surface area contributed by atoms with E-state index in [1.54, 1.807) is 25.2 Å². The van der Waals surface area contributed by atoms with Gasteiger partial charge in [-0.05, 0) is 18.2 Å². The van der Waals surface area contributed by atoms with Gasteiger partial charge in [-0.15, -0.1) is 0 Å². The molecule has 2 aromatic rings. The lowest BCUT2D eigenvalue weighted by Crippen LogP contribution is -2.08. The van der Waals surface area contributed by atoms with Crippen LogP contribution < -0.4 is 5.76 Å². The molecular weight excluding hydrogens is 142 g/mol. The summed E-state index contributed by atoms with van der Waals surface area (Å²) in [6, 6.07) is 8.02. The Morgan fingerprint density at radius 3 is 3.18 bits per heavy atom. The summed E-state index contributed by atoms with van der Waals surface area (Å²) in [5.74, 6) is -0.334. The van der Waals surface area contributed by atoms with Gasteiger partial charge in [-0.2, -0.15) is 0 Å². The van der Waals surface area contributed by atoms with E-state index in [-0.39, 0.29) is 5.76 Å². The van der Waals surface area contributed by atoms with E-state index in [9.17, 15) is 4.79 Å². The molecule has 1 aromatic carbocycles. The van der Waals surface area contributed by atoms with Gasteiger partial charge in [0.1, 0.15) is 0 Å². The van der Waals surface area contributed by atoms with Gasteiger partial charge in [0.2, 0.25) is 0 Å². The second kappa shape index (κ2) is 1.99. The van der Waals surface area contributed by atoms with E-state index in [2.05, 4.69) is 6.07 Å². The zero-order valence-corrected chi connectivity index (χ0v) is 6.00. The van der Waals surface area contributed by atoms with Crippen molar-refractivity contribution in [3.05, 3.63) is 34.8 Å². The van der Waals surface area contributed by atoms with E-state index in [0.29, 0.717) is 5.58 Å². The lowest BCUT2D eigenvalue weighted by atomic mass is 10.3. The first-order valence-corrected chi connectivity index (χ1v) is 3.24. The molecule has 0 bridgehead atoms. The maximum absolute atomic E-state index is 10.9. The molecule has 3 heteroatoms. The lowest BCUT2D eigenvalue weighted by Gasteiger charge is -1.86. The molecule has 11 heavy (non-hydrogen) atoms. The molecule has 0 saturated heterocycles. The molecule has 0 aliphatic carbocycles. The van der Waals surface area contributed by atoms with E-state index in [1.165, 1.54) is 4.57 Å². The van der Waals surface area contributed by atoms with Gasteiger partial charge in [-0.25, -0.2) is 4.79 Å². The van der Waals surface area contributed by atoms with Crippen molar-refractivity contribution in [2.75, 3.05) is 0 Å². The van der Waals surface area contributed by atoms with E-state index < -0.39 is 0 Å². The van der Waals surface area contributed by atoms with Crippen LogP contribution in [0.2, 0.25) is 0 Å². The molecule has 0 saturated carbocycles. The van der Waals surface area contributed by atoms with Crippen molar-refractivity contribution in [2.24, 2.45) is 7.05 Å². The zero-order valence-electron chi connectivity index (χ0n) is 6.00. The van der Waals surface area contributed by atoms with Crippen LogP contribution in [-0.4, -0.2) is 4.57 Å². The standard InChI is InChI=1S/C8H6NO2/c1-9-6-4-2-3-5-7(6)11-8(9)10/h2,4-5H,1H3. The monoisotopic (exact) mass is 148 g/mol. The fourth-order valence-corrected chi connectivity index (χ4v) is 1.03. The van der Waals surface area contributed by atoms with Crippen molar-refractivity contribution >= 4 is 11.1 Å². The van der Waals surface area contributed by atoms with Gasteiger partial charge in [0, 0.05) is 7.05 Å². The Labute approximate surface area is 62.9 Å². The molecule has 1 aromatic heterocycles. The van der Waals surface area contributed by atoms with Crippen molar-refractivity contribution < 1.29 is 4.42 Å². The van der Waals surface area contributed by atoms with Gasteiger partial charge in [0.25, 0.3) is 0 Å². The first kappa shape index (κ1) is 6.22. The predicted octanol–water partition coefficient (Wildman–Crippen LogP) is 0.932. The molecule has 0 spiro atoms. The van der Waals surface area contributed by atoms with Gasteiger partial charge in [-0.1, -0.05) is 6.07 Å². The van der Waals surface area contributed by atoms with Gasteiger partial charge >= 0.3 is 5.76 Å². The minimum atomic E-state index is -0.334. The molecule has 0 aliphatic heterocycles. The number of oxazole rings is 1. The molecule has 2 rings (SSSR count). The van der Waals surface area contributed by atoms with Crippen LogP contribution in [0.15, 0.2) is 27.4 Å². The van der Waals surface area contributed by atoms with Crippen LogP contribution in [0.3, 0.4) is 0 Å². The first-order valence-electron chi connectivity index (χ1n) is 3.24. The summed E-state index contributed by atoms with van der Waals surface area (Å²) in [4.78, 5) is 10.9. The highest BCUT2D eigenvalue weighted by atomic mass is 16.4. The third kappa shape index (κ3) is 0.774. The van der Waals surface area contributed by atoms with Gasteiger partial charge in [0.05, 0.1) is 5.52 Å². The Balaban J connectivity index is 3.04. The number of hydrogen-bond donors (Lipinski definition) is 0. The van der Waals surface area contributed by atoms with Crippen molar-refractivity contribution in [1.29, 1.82) is 0 Å². The van der Waals surface area contributed by atoms with Crippen LogP contribution >= 0.6 is 0 Å². The van der Waals surface area contributed by atoms with Crippen LogP contribution in [-0.2, 0) is 7.05 Å². The summed E-state index contributed by atoms with van der Waals surface area (Å²) in [7, 11) is 1.67. The molecule has 0 aliphatic rings. The number of aryl methyl sites for hydroxylation is 1. The Morgan fingerprint density at radius 1 is 1.64 bits per heavy atom. The molecule has 0 amide bonds. The summed E-state index contributed by atoms with van der Waals surface area (Å²) in [5.41, 5.74) is 1.38. The van der Waals surface area contributed by atoms with E-state index in [1.807, 2.05) is 0 Å². The Bertz CT molecular complexity index is 439. The van der Waals surface area contributed by atoms with Gasteiger partial charge in [0.15, 0.2) is 5.58 Å². The Morgan fingerprint density at radius 2 is 2.45 bits per heavy atom. The third-order valence-corrected chi connectivity index (χ3v) is 1.64.